The topological polar surface area (TPSA) is 65.6 Å². The lowest BCUT2D eigenvalue weighted by molar-refractivity contribution is -0.123. The molecule has 3 unspecified atom stereocenters. The molecule has 1 aromatic rings. The zero-order valence-electron chi connectivity index (χ0n) is 14.5. The van der Waals surface area contributed by atoms with E-state index in [1.807, 2.05) is 24.3 Å². The number of hydrogen-bond acceptors (Lipinski definition) is 5. The quantitative estimate of drug-likeness (QED) is 0.731. The van der Waals surface area contributed by atoms with Crippen molar-refractivity contribution in [3.05, 3.63) is 29.8 Å². The van der Waals surface area contributed by atoms with Gasteiger partial charge in [-0.05, 0) is 50.0 Å². The first-order valence-corrected chi connectivity index (χ1v) is 8.88. The standard InChI is InChI=1S/C18H28N4O2/c1-3-22-10-4-5-14(22)12-19-18(23)17-11-16(20-21-17)13-6-8-15(24-2)9-7-13/h6-9,14,16-17,20-21H,3-5,10-12H2,1-2H3,(H,19,23). The van der Waals surface area contributed by atoms with Gasteiger partial charge in [-0.25, -0.2) is 10.9 Å². The minimum atomic E-state index is -0.186. The molecule has 1 aromatic carbocycles. The summed E-state index contributed by atoms with van der Waals surface area (Å²) < 4.78 is 5.19. The number of nitrogens with zero attached hydrogens (tertiary/aromatic N) is 1. The number of benzene rings is 1. The Kier molecular flexibility index (Phi) is 5.71. The maximum Gasteiger partial charge on any atom is 0.238 e. The third-order valence-electron chi connectivity index (χ3n) is 5.16. The van der Waals surface area contributed by atoms with Gasteiger partial charge in [-0.3, -0.25) is 9.69 Å². The highest BCUT2D eigenvalue weighted by Gasteiger charge is 2.31. The molecule has 2 aliphatic heterocycles. The number of likely N-dealkylation sites (tertiary alicyclic amines) is 1. The minimum absolute atomic E-state index is 0.0847. The van der Waals surface area contributed by atoms with Gasteiger partial charge in [0.2, 0.25) is 5.91 Å². The highest BCUT2D eigenvalue weighted by Crippen LogP contribution is 2.24. The summed E-state index contributed by atoms with van der Waals surface area (Å²) in [6, 6.07) is 8.42. The van der Waals surface area contributed by atoms with Crippen LogP contribution in [-0.2, 0) is 4.79 Å². The van der Waals surface area contributed by atoms with Gasteiger partial charge in [0.05, 0.1) is 7.11 Å². The Hall–Kier alpha value is -1.63. The molecular formula is C18H28N4O2. The largest absolute Gasteiger partial charge is 0.497 e. The summed E-state index contributed by atoms with van der Waals surface area (Å²) in [5.41, 5.74) is 7.51. The monoisotopic (exact) mass is 332 g/mol. The first-order chi connectivity index (χ1) is 11.7. The van der Waals surface area contributed by atoms with Gasteiger partial charge in [-0.2, -0.15) is 0 Å². The summed E-state index contributed by atoms with van der Waals surface area (Å²) in [6.07, 6.45) is 3.16. The van der Waals surface area contributed by atoms with E-state index >= 15 is 0 Å². The number of likely N-dealkylation sites (N-methyl/N-ethyl adjacent to an activating group) is 1. The first-order valence-electron chi connectivity index (χ1n) is 8.88. The van der Waals surface area contributed by atoms with Crippen LogP contribution in [0.15, 0.2) is 24.3 Å². The van der Waals surface area contributed by atoms with Gasteiger partial charge >= 0.3 is 0 Å². The van der Waals surface area contributed by atoms with Crippen LogP contribution in [0.4, 0.5) is 0 Å². The Morgan fingerprint density at radius 1 is 1.33 bits per heavy atom. The molecule has 0 spiro atoms. The summed E-state index contributed by atoms with van der Waals surface area (Å²) in [5.74, 6) is 0.928. The SMILES string of the molecule is CCN1CCCC1CNC(=O)C1CC(c2ccc(OC)cc2)NN1. The van der Waals surface area contributed by atoms with Gasteiger partial charge < -0.3 is 10.1 Å². The van der Waals surface area contributed by atoms with Crippen LogP contribution in [0.1, 0.15) is 37.8 Å². The molecule has 0 aromatic heterocycles. The van der Waals surface area contributed by atoms with E-state index in [1.165, 1.54) is 12.8 Å². The lowest BCUT2D eigenvalue weighted by atomic mass is 10.0. The summed E-state index contributed by atoms with van der Waals surface area (Å²) >= 11 is 0. The molecule has 2 fully saturated rings. The second-order valence-corrected chi connectivity index (χ2v) is 6.57. The lowest BCUT2D eigenvalue weighted by Crippen LogP contribution is -2.47. The Balaban J connectivity index is 1.48. The number of carbonyl (C=O) groups excluding carboxylic acids is 1. The number of amides is 1. The smallest absolute Gasteiger partial charge is 0.238 e. The number of hydrogen-bond donors (Lipinski definition) is 3. The van der Waals surface area contributed by atoms with Crippen LogP contribution in [0.25, 0.3) is 0 Å². The fourth-order valence-electron chi connectivity index (χ4n) is 3.67. The maximum absolute atomic E-state index is 12.4. The molecule has 132 valence electrons. The number of ether oxygens (including phenoxy) is 1. The van der Waals surface area contributed by atoms with E-state index < -0.39 is 0 Å². The van der Waals surface area contributed by atoms with Crippen LogP contribution < -0.4 is 20.9 Å². The van der Waals surface area contributed by atoms with Gasteiger partial charge in [0.15, 0.2) is 0 Å². The molecule has 2 heterocycles. The van der Waals surface area contributed by atoms with Crippen molar-refractivity contribution in [1.82, 2.24) is 21.1 Å². The highest BCUT2D eigenvalue weighted by molar-refractivity contribution is 5.82. The third kappa shape index (κ3) is 3.88. The number of rotatable bonds is 6. The zero-order valence-corrected chi connectivity index (χ0v) is 14.5. The van der Waals surface area contributed by atoms with E-state index in [0.29, 0.717) is 6.04 Å². The Labute approximate surface area is 143 Å². The average molecular weight is 332 g/mol. The van der Waals surface area contributed by atoms with Crippen molar-refractivity contribution in [2.45, 2.75) is 44.3 Å². The normalized spacial score (nSPS) is 27.3. The van der Waals surface area contributed by atoms with Crippen molar-refractivity contribution in [2.24, 2.45) is 0 Å². The second-order valence-electron chi connectivity index (χ2n) is 6.57. The fourth-order valence-corrected chi connectivity index (χ4v) is 3.67. The summed E-state index contributed by atoms with van der Waals surface area (Å²) in [6.45, 7) is 5.14. The highest BCUT2D eigenvalue weighted by atomic mass is 16.5. The van der Waals surface area contributed by atoms with Crippen molar-refractivity contribution in [1.29, 1.82) is 0 Å². The molecule has 3 N–H and O–H groups in total. The summed E-state index contributed by atoms with van der Waals surface area (Å²) in [7, 11) is 1.66. The van der Waals surface area contributed by atoms with Crippen LogP contribution in [0.5, 0.6) is 5.75 Å². The van der Waals surface area contributed by atoms with Crippen molar-refractivity contribution in [3.8, 4) is 5.75 Å². The van der Waals surface area contributed by atoms with E-state index in [0.717, 1.165) is 37.4 Å². The fraction of sp³-hybridized carbons (Fsp3) is 0.611. The van der Waals surface area contributed by atoms with E-state index in [4.69, 9.17) is 4.74 Å². The average Bonchev–Trinajstić information content (AvgIpc) is 3.29. The van der Waals surface area contributed by atoms with Crippen LogP contribution in [0.2, 0.25) is 0 Å². The van der Waals surface area contributed by atoms with Crippen LogP contribution in [-0.4, -0.2) is 49.6 Å². The van der Waals surface area contributed by atoms with Gasteiger partial charge in [0.25, 0.3) is 0 Å². The van der Waals surface area contributed by atoms with Crippen LogP contribution >= 0.6 is 0 Å². The van der Waals surface area contributed by atoms with E-state index in [9.17, 15) is 4.79 Å². The minimum Gasteiger partial charge on any atom is -0.497 e. The van der Waals surface area contributed by atoms with Crippen molar-refractivity contribution in [3.63, 3.8) is 0 Å². The molecule has 24 heavy (non-hydrogen) atoms. The lowest BCUT2D eigenvalue weighted by Gasteiger charge is -2.23. The van der Waals surface area contributed by atoms with Gasteiger partial charge in [-0.15, -0.1) is 0 Å². The molecule has 6 heteroatoms. The molecule has 0 saturated carbocycles. The molecule has 0 bridgehead atoms. The van der Waals surface area contributed by atoms with E-state index in [-0.39, 0.29) is 18.0 Å². The Bertz CT molecular complexity index is 548. The van der Waals surface area contributed by atoms with Gasteiger partial charge in [0, 0.05) is 18.6 Å². The molecule has 2 aliphatic rings. The molecule has 3 atom stereocenters. The molecular weight excluding hydrogens is 304 g/mol. The van der Waals surface area contributed by atoms with E-state index in [2.05, 4.69) is 28.0 Å². The van der Waals surface area contributed by atoms with Crippen LogP contribution in [0, 0.1) is 0 Å². The summed E-state index contributed by atoms with van der Waals surface area (Å²) in [4.78, 5) is 14.9. The molecule has 0 radical (unpaired) electrons. The second kappa shape index (κ2) is 7.96. The Morgan fingerprint density at radius 3 is 2.83 bits per heavy atom. The third-order valence-corrected chi connectivity index (χ3v) is 5.16. The molecule has 2 saturated heterocycles. The zero-order chi connectivity index (χ0) is 16.9. The molecule has 6 nitrogen and oxygen atoms in total. The van der Waals surface area contributed by atoms with Crippen molar-refractivity contribution < 1.29 is 9.53 Å². The number of hydrazine groups is 1. The number of nitrogens with one attached hydrogen (secondary N) is 3. The Morgan fingerprint density at radius 2 is 2.12 bits per heavy atom. The molecule has 1 amide bonds. The number of methoxy groups -OCH3 is 1. The van der Waals surface area contributed by atoms with E-state index in [1.54, 1.807) is 7.11 Å². The maximum atomic E-state index is 12.4. The van der Waals surface area contributed by atoms with Gasteiger partial charge in [0.1, 0.15) is 11.8 Å². The van der Waals surface area contributed by atoms with Crippen LogP contribution in [0.3, 0.4) is 0 Å². The number of carbonyl (C=O) groups is 1. The van der Waals surface area contributed by atoms with Crippen molar-refractivity contribution >= 4 is 5.91 Å². The predicted octanol–water partition coefficient (Wildman–Crippen LogP) is 1.20. The molecule has 0 aliphatic carbocycles. The van der Waals surface area contributed by atoms with Gasteiger partial charge in [-0.1, -0.05) is 19.1 Å². The predicted molar refractivity (Wildman–Crippen MR) is 93.7 cm³/mol. The first kappa shape index (κ1) is 17.2. The summed E-state index contributed by atoms with van der Waals surface area (Å²) in [5, 5.41) is 3.12. The molecule has 3 rings (SSSR count). The van der Waals surface area contributed by atoms with Crippen molar-refractivity contribution in [2.75, 3.05) is 26.7 Å².